The van der Waals surface area contributed by atoms with Crippen LogP contribution >= 0.6 is 15.9 Å². The Morgan fingerprint density at radius 3 is 2.63 bits per heavy atom. The maximum absolute atomic E-state index is 9.39. The van der Waals surface area contributed by atoms with Crippen molar-refractivity contribution >= 4 is 21.9 Å². The number of aliphatic hydroxyl groups excluding tert-OH is 1. The van der Waals surface area contributed by atoms with Gasteiger partial charge in [0.25, 0.3) is 0 Å². The van der Waals surface area contributed by atoms with Crippen molar-refractivity contribution in [1.82, 2.24) is 15.0 Å². The lowest BCUT2D eigenvalue weighted by Crippen LogP contribution is -2.21. The number of aliphatic hydroxyl groups is 1. The van der Waals surface area contributed by atoms with Crippen LogP contribution in [0.15, 0.2) is 41.3 Å². The van der Waals surface area contributed by atoms with Crippen molar-refractivity contribution < 1.29 is 5.11 Å². The molecule has 19 heavy (non-hydrogen) atoms. The van der Waals surface area contributed by atoms with E-state index in [0.717, 1.165) is 16.6 Å². The normalized spacial score (nSPS) is 12.1. The van der Waals surface area contributed by atoms with Gasteiger partial charge in [-0.3, -0.25) is 4.98 Å². The summed E-state index contributed by atoms with van der Waals surface area (Å²) in [7, 11) is 0. The highest BCUT2D eigenvalue weighted by Gasteiger charge is 2.09. The summed E-state index contributed by atoms with van der Waals surface area (Å²) < 4.78 is 0.838. The second-order valence-electron chi connectivity index (χ2n) is 4.18. The number of aromatic nitrogens is 3. The third-order valence-electron chi connectivity index (χ3n) is 2.65. The van der Waals surface area contributed by atoms with Crippen LogP contribution in [0.3, 0.4) is 0 Å². The van der Waals surface area contributed by atoms with Crippen LogP contribution in [0.2, 0.25) is 0 Å². The molecule has 0 aliphatic heterocycles. The van der Waals surface area contributed by atoms with E-state index in [0.29, 0.717) is 12.5 Å². The minimum Gasteiger partial charge on any atom is -0.396 e. The molecule has 0 radical (unpaired) electrons. The minimum absolute atomic E-state index is 0.0853. The van der Waals surface area contributed by atoms with Crippen LogP contribution in [0.25, 0.3) is 0 Å². The zero-order valence-electron chi connectivity index (χ0n) is 10.3. The second-order valence-corrected chi connectivity index (χ2v) is 5.10. The van der Waals surface area contributed by atoms with E-state index in [9.17, 15) is 5.11 Å². The molecule has 5 nitrogen and oxygen atoms in total. The Kier molecular flexibility index (Phi) is 5.23. The molecule has 2 heterocycles. The summed E-state index contributed by atoms with van der Waals surface area (Å²) in [5.74, 6) is 0.643. The molecule has 2 N–H and O–H groups in total. The largest absolute Gasteiger partial charge is 0.396 e. The monoisotopic (exact) mass is 322 g/mol. The molecule has 0 spiro atoms. The number of rotatable bonds is 6. The summed E-state index contributed by atoms with van der Waals surface area (Å²) in [5.41, 5.74) is 0.972. The van der Waals surface area contributed by atoms with Crippen molar-refractivity contribution in [2.24, 2.45) is 5.92 Å². The third-order valence-corrected chi connectivity index (χ3v) is 3.06. The molecule has 1 unspecified atom stereocenters. The Balaban J connectivity index is 1.87. The summed E-state index contributed by atoms with van der Waals surface area (Å²) in [4.78, 5) is 12.5. The zero-order chi connectivity index (χ0) is 13.5. The topological polar surface area (TPSA) is 70.9 Å². The number of hydrogen-bond donors (Lipinski definition) is 2. The molecular weight excluding hydrogens is 308 g/mol. The molecule has 1 atom stereocenters. The number of pyridine rings is 1. The lowest BCUT2D eigenvalue weighted by Gasteiger charge is -2.14. The molecule has 0 amide bonds. The van der Waals surface area contributed by atoms with E-state index in [1.165, 1.54) is 0 Å². The van der Waals surface area contributed by atoms with Crippen molar-refractivity contribution in [3.8, 4) is 0 Å². The van der Waals surface area contributed by atoms with Crippen LogP contribution < -0.4 is 5.32 Å². The number of nitrogens with one attached hydrogen (secondary N) is 1. The Labute approximate surface area is 120 Å². The van der Waals surface area contributed by atoms with E-state index in [1.54, 1.807) is 18.6 Å². The van der Waals surface area contributed by atoms with Gasteiger partial charge in [0.2, 0.25) is 5.95 Å². The zero-order valence-corrected chi connectivity index (χ0v) is 11.9. The van der Waals surface area contributed by atoms with E-state index in [1.807, 2.05) is 18.2 Å². The van der Waals surface area contributed by atoms with Crippen molar-refractivity contribution in [2.45, 2.75) is 6.42 Å². The third kappa shape index (κ3) is 4.57. The molecule has 0 aliphatic carbocycles. The molecule has 6 heteroatoms. The fourth-order valence-corrected chi connectivity index (χ4v) is 1.86. The van der Waals surface area contributed by atoms with E-state index < -0.39 is 0 Å². The molecule has 2 aromatic heterocycles. The van der Waals surface area contributed by atoms with Gasteiger partial charge in [0.1, 0.15) is 0 Å². The fourth-order valence-electron chi connectivity index (χ4n) is 1.66. The SMILES string of the molecule is OCC(CNc1ncc(Br)cn1)Cc1ccccn1. The highest BCUT2D eigenvalue weighted by atomic mass is 79.9. The molecule has 100 valence electrons. The van der Waals surface area contributed by atoms with Crippen LogP contribution in [-0.4, -0.2) is 33.2 Å². The van der Waals surface area contributed by atoms with Gasteiger partial charge in [0.15, 0.2) is 0 Å². The first-order chi connectivity index (χ1) is 9.28. The molecule has 0 aromatic carbocycles. The Morgan fingerprint density at radius 2 is 2.00 bits per heavy atom. The average molecular weight is 323 g/mol. The van der Waals surface area contributed by atoms with Crippen molar-refractivity contribution in [2.75, 3.05) is 18.5 Å². The maximum atomic E-state index is 9.39. The predicted octanol–water partition coefficient (Wildman–Crippen LogP) is 1.90. The second kappa shape index (κ2) is 7.16. The summed E-state index contributed by atoms with van der Waals surface area (Å²) >= 11 is 3.28. The van der Waals surface area contributed by atoms with E-state index in [-0.39, 0.29) is 12.5 Å². The molecule has 2 rings (SSSR count). The van der Waals surface area contributed by atoms with E-state index in [4.69, 9.17) is 0 Å². The average Bonchev–Trinajstić information content (AvgIpc) is 2.46. The first kappa shape index (κ1) is 13.9. The highest BCUT2D eigenvalue weighted by molar-refractivity contribution is 9.10. The fraction of sp³-hybridized carbons (Fsp3) is 0.308. The molecule has 0 aliphatic rings. The number of nitrogens with zero attached hydrogens (tertiary/aromatic N) is 3. The summed E-state index contributed by atoms with van der Waals surface area (Å²) in [6.07, 6.45) is 5.85. The van der Waals surface area contributed by atoms with Crippen LogP contribution in [0, 0.1) is 5.92 Å². The van der Waals surface area contributed by atoms with Crippen LogP contribution in [0.5, 0.6) is 0 Å². The van der Waals surface area contributed by atoms with Gasteiger partial charge in [-0.25, -0.2) is 9.97 Å². The highest BCUT2D eigenvalue weighted by Crippen LogP contribution is 2.09. The lowest BCUT2D eigenvalue weighted by molar-refractivity contribution is 0.231. The van der Waals surface area contributed by atoms with Gasteiger partial charge in [0.05, 0.1) is 4.47 Å². The van der Waals surface area contributed by atoms with Crippen LogP contribution in [0.4, 0.5) is 5.95 Å². The quantitative estimate of drug-likeness (QED) is 0.850. The molecule has 2 aromatic rings. The predicted molar refractivity (Wildman–Crippen MR) is 76.7 cm³/mol. The smallest absolute Gasteiger partial charge is 0.222 e. The lowest BCUT2D eigenvalue weighted by atomic mass is 10.0. The van der Waals surface area contributed by atoms with E-state index in [2.05, 4.69) is 36.2 Å². The number of anilines is 1. The van der Waals surface area contributed by atoms with Crippen molar-refractivity contribution in [3.63, 3.8) is 0 Å². The van der Waals surface area contributed by atoms with Gasteiger partial charge in [-0.2, -0.15) is 0 Å². The van der Waals surface area contributed by atoms with Gasteiger partial charge in [-0.05, 0) is 34.5 Å². The maximum Gasteiger partial charge on any atom is 0.222 e. The van der Waals surface area contributed by atoms with Crippen LogP contribution in [0.1, 0.15) is 5.69 Å². The minimum atomic E-state index is 0.0853. The molecular formula is C13H15BrN4O. The van der Waals surface area contributed by atoms with Crippen molar-refractivity contribution in [3.05, 3.63) is 47.0 Å². The summed E-state index contributed by atoms with van der Waals surface area (Å²) in [6.45, 7) is 0.703. The summed E-state index contributed by atoms with van der Waals surface area (Å²) in [5, 5.41) is 12.5. The first-order valence-corrected chi connectivity index (χ1v) is 6.79. The number of halogens is 1. The van der Waals surface area contributed by atoms with Gasteiger partial charge in [-0.15, -0.1) is 0 Å². The molecule has 0 fully saturated rings. The Morgan fingerprint density at radius 1 is 1.21 bits per heavy atom. The van der Waals surface area contributed by atoms with Crippen molar-refractivity contribution in [1.29, 1.82) is 0 Å². The molecule has 0 bridgehead atoms. The first-order valence-electron chi connectivity index (χ1n) is 6.00. The van der Waals surface area contributed by atoms with Gasteiger partial charge < -0.3 is 10.4 Å². The van der Waals surface area contributed by atoms with E-state index >= 15 is 0 Å². The molecule has 0 saturated heterocycles. The van der Waals surface area contributed by atoms with Gasteiger partial charge in [-0.1, -0.05) is 6.07 Å². The summed E-state index contributed by atoms with van der Waals surface area (Å²) in [6, 6.07) is 5.78. The Bertz CT molecular complexity index is 492. The standard InChI is InChI=1S/C13H15BrN4O/c14-11-7-17-13(18-8-11)16-6-10(9-19)5-12-3-1-2-4-15-12/h1-4,7-8,10,19H,5-6,9H2,(H,16,17,18). The molecule has 0 saturated carbocycles. The number of hydrogen-bond acceptors (Lipinski definition) is 5. The van der Waals surface area contributed by atoms with Gasteiger partial charge in [0, 0.05) is 43.4 Å². The van der Waals surface area contributed by atoms with Gasteiger partial charge >= 0.3 is 0 Å². The van der Waals surface area contributed by atoms with Crippen LogP contribution in [-0.2, 0) is 6.42 Å². The Hall–Kier alpha value is -1.53.